The average molecular weight is 498 g/mol. The molecule has 1 aliphatic carbocycles. The zero-order chi connectivity index (χ0) is 24.6. The number of benzene rings is 2. The molecule has 1 N–H and O–H groups in total. The van der Waals surface area contributed by atoms with Gasteiger partial charge in [-0.1, -0.05) is 0 Å². The van der Waals surface area contributed by atoms with E-state index in [-0.39, 0.29) is 18.1 Å². The van der Waals surface area contributed by atoms with E-state index in [2.05, 4.69) is 0 Å². The molecule has 0 saturated carbocycles. The van der Waals surface area contributed by atoms with Gasteiger partial charge in [0, 0.05) is 30.0 Å². The third kappa shape index (κ3) is 2.13. The van der Waals surface area contributed by atoms with Crippen molar-refractivity contribution in [2.24, 2.45) is 0 Å². The fraction of sp³-hybridized carbons (Fsp3) is 0.577. The molecule has 1 spiro atoms. The number of methoxy groups -OCH3 is 2. The number of fused-ring (bicyclic) bond motifs is 8. The summed E-state index contributed by atoms with van der Waals surface area (Å²) in [6.45, 7) is 3.04. The van der Waals surface area contributed by atoms with Crippen LogP contribution in [0.5, 0.6) is 17.2 Å². The van der Waals surface area contributed by atoms with E-state index in [0.29, 0.717) is 60.3 Å². The number of rotatable bonds is 3. The van der Waals surface area contributed by atoms with Gasteiger partial charge in [0.25, 0.3) is 11.6 Å². The van der Waals surface area contributed by atoms with Gasteiger partial charge in [-0.05, 0) is 31.4 Å². The van der Waals surface area contributed by atoms with Gasteiger partial charge in [-0.25, -0.2) is 0 Å². The lowest BCUT2D eigenvalue weighted by molar-refractivity contribution is -0.336. The zero-order valence-electron chi connectivity index (χ0n) is 20.2. The second-order valence-electron chi connectivity index (χ2n) is 10.3. The molecule has 0 amide bonds. The summed E-state index contributed by atoms with van der Waals surface area (Å²) in [5.41, 5.74) is 1.50. The molecule has 190 valence electrons. The van der Waals surface area contributed by atoms with Gasteiger partial charge in [0.1, 0.15) is 23.4 Å². The highest BCUT2D eigenvalue weighted by atomic mass is 16.9. The minimum absolute atomic E-state index is 0.107. The van der Waals surface area contributed by atoms with Crippen LogP contribution in [0.2, 0.25) is 0 Å². The number of phenols is 1. The van der Waals surface area contributed by atoms with Crippen molar-refractivity contribution in [2.75, 3.05) is 34.0 Å². The number of epoxide rings is 1. The van der Waals surface area contributed by atoms with Gasteiger partial charge in [-0.2, -0.15) is 0 Å². The molecule has 2 aromatic carbocycles. The van der Waals surface area contributed by atoms with Gasteiger partial charge < -0.3 is 43.0 Å². The number of aryl methyl sites for hydroxylation is 1. The van der Waals surface area contributed by atoms with E-state index in [1.807, 2.05) is 13.0 Å². The highest BCUT2D eigenvalue weighted by Gasteiger charge is 2.93. The van der Waals surface area contributed by atoms with Crippen LogP contribution in [0.25, 0.3) is 10.8 Å². The number of hydrogen-bond acceptors (Lipinski definition) is 10. The standard InChI is InChI=1S/C26H26O10/c1-11-9-13-17(18(28)16-12(19(13)29-2)5-4-6-14(16)27)20-15(11)21-22-25(30-3,34-20)24(10-33-24)26(35-21,36-22)23-31-7-8-32-23/h9,21-23,28H,4-8,10H2,1-3H3/t21?,22?,24?,25?,26-/m1/s1. The molecule has 0 aromatic heterocycles. The van der Waals surface area contributed by atoms with Crippen molar-refractivity contribution >= 4 is 16.6 Å². The number of hydrogen-bond donors (Lipinski definition) is 1. The van der Waals surface area contributed by atoms with Crippen LogP contribution in [-0.4, -0.2) is 74.5 Å². The number of ketones is 1. The first kappa shape index (κ1) is 21.6. The van der Waals surface area contributed by atoms with E-state index in [4.69, 9.17) is 37.9 Å². The molecule has 4 unspecified atom stereocenters. The fourth-order valence-electron chi connectivity index (χ4n) is 7.19. The van der Waals surface area contributed by atoms with Gasteiger partial charge in [0.05, 0.1) is 37.9 Å². The molecule has 5 atom stereocenters. The van der Waals surface area contributed by atoms with Gasteiger partial charge >= 0.3 is 0 Å². The van der Waals surface area contributed by atoms with Crippen LogP contribution in [-0.2, 0) is 34.8 Å². The van der Waals surface area contributed by atoms with E-state index in [1.54, 1.807) is 14.2 Å². The molecule has 4 saturated heterocycles. The Hall–Kier alpha value is -2.47. The van der Waals surface area contributed by atoms with Crippen molar-refractivity contribution in [1.29, 1.82) is 0 Å². The van der Waals surface area contributed by atoms with Crippen LogP contribution in [0.1, 0.15) is 46.0 Å². The molecule has 4 fully saturated rings. The highest BCUT2D eigenvalue weighted by Crippen LogP contribution is 2.72. The molecule has 6 aliphatic rings. The Morgan fingerprint density at radius 3 is 2.61 bits per heavy atom. The van der Waals surface area contributed by atoms with Crippen molar-refractivity contribution in [3.8, 4) is 17.2 Å². The van der Waals surface area contributed by atoms with Crippen LogP contribution in [0, 0.1) is 6.92 Å². The van der Waals surface area contributed by atoms with Crippen molar-refractivity contribution in [1.82, 2.24) is 0 Å². The summed E-state index contributed by atoms with van der Waals surface area (Å²) in [5, 5.41) is 12.6. The number of Topliss-reactive ketones (excluding diaryl/α,β-unsaturated/α-hetero) is 1. The van der Waals surface area contributed by atoms with Crippen LogP contribution < -0.4 is 9.47 Å². The van der Waals surface area contributed by atoms with Crippen LogP contribution in [0.15, 0.2) is 6.07 Å². The van der Waals surface area contributed by atoms with E-state index in [0.717, 1.165) is 16.7 Å². The SMILES string of the molecule is COc1c2c(c(O)c3c4c(c(C)cc13)C1O[C@]3(C5OCCO5)OC1C(OC)(O4)C31CO1)C(=O)CCC2. The monoisotopic (exact) mass is 498 g/mol. The highest BCUT2D eigenvalue weighted by molar-refractivity contribution is 6.11. The molecule has 5 aliphatic heterocycles. The molecular formula is C26H26O10. The minimum Gasteiger partial charge on any atom is -0.506 e. The molecule has 8 rings (SSSR count). The number of carbonyl (C=O) groups is 1. The first-order valence-corrected chi connectivity index (χ1v) is 12.3. The van der Waals surface area contributed by atoms with E-state index in [1.165, 1.54) is 0 Å². The smallest absolute Gasteiger partial charge is 0.277 e. The minimum atomic E-state index is -1.38. The Morgan fingerprint density at radius 1 is 1.14 bits per heavy atom. The Bertz CT molecular complexity index is 1360. The average Bonchev–Trinajstić information content (AvgIpc) is 3.23. The lowest BCUT2D eigenvalue weighted by Gasteiger charge is -2.49. The Kier molecular flexibility index (Phi) is 4.01. The van der Waals surface area contributed by atoms with Crippen LogP contribution in [0.3, 0.4) is 0 Å². The third-order valence-electron chi connectivity index (χ3n) is 8.72. The van der Waals surface area contributed by atoms with Gasteiger partial charge in [-0.15, -0.1) is 0 Å². The molecule has 10 nitrogen and oxygen atoms in total. The van der Waals surface area contributed by atoms with Crippen molar-refractivity contribution in [3.05, 3.63) is 28.3 Å². The second-order valence-corrected chi connectivity index (χ2v) is 10.3. The van der Waals surface area contributed by atoms with Crippen LogP contribution >= 0.6 is 0 Å². The van der Waals surface area contributed by atoms with Gasteiger partial charge in [0.15, 0.2) is 11.9 Å². The molecule has 10 heteroatoms. The molecule has 2 aromatic rings. The molecule has 5 heterocycles. The molecule has 2 bridgehead atoms. The topological polar surface area (TPSA) is 114 Å². The largest absolute Gasteiger partial charge is 0.506 e. The van der Waals surface area contributed by atoms with Gasteiger partial charge in [0.2, 0.25) is 11.9 Å². The van der Waals surface area contributed by atoms with Crippen LogP contribution in [0.4, 0.5) is 0 Å². The summed E-state index contributed by atoms with van der Waals surface area (Å²) in [6, 6.07) is 1.95. The van der Waals surface area contributed by atoms with Crippen molar-refractivity contribution < 1.29 is 47.8 Å². The Morgan fingerprint density at radius 2 is 1.92 bits per heavy atom. The molecule has 0 radical (unpaired) electrons. The number of aromatic hydroxyl groups is 1. The summed E-state index contributed by atoms with van der Waals surface area (Å²) in [6.07, 6.45) is -0.330. The zero-order valence-corrected chi connectivity index (χ0v) is 20.2. The van der Waals surface area contributed by atoms with E-state index >= 15 is 0 Å². The number of carbonyl (C=O) groups excluding carboxylic acids is 1. The molecule has 36 heavy (non-hydrogen) atoms. The predicted octanol–water partition coefficient (Wildman–Crippen LogP) is 2.42. The van der Waals surface area contributed by atoms with E-state index in [9.17, 15) is 9.90 Å². The third-order valence-corrected chi connectivity index (χ3v) is 8.72. The lowest BCUT2D eigenvalue weighted by Crippen LogP contribution is -2.69. The van der Waals surface area contributed by atoms with Gasteiger partial charge in [-0.3, -0.25) is 4.79 Å². The summed E-state index contributed by atoms with van der Waals surface area (Å²) >= 11 is 0. The fourth-order valence-corrected chi connectivity index (χ4v) is 7.19. The maximum Gasteiger partial charge on any atom is 0.277 e. The first-order valence-electron chi connectivity index (χ1n) is 12.3. The first-order chi connectivity index (χ1) is 17.4. The maximum atomic E-state index is 13.0. The summed E-state index contributed by atoms with van der Waals surface area (Å²) in [4.78, 5) is 13.0. The quantitative estimate of drug-likeness (QED) is 0.633. The molecular weight excluding hydrogens is 472 g/mol. The maximum absolute atomic E-state index is 13.0. The lowest BCUT2D eigenvalue weighted by atomic mass is 9.78. The summed E-state index contributed by atoms with van der Waals surface area (Å²) in [5.74, 6) is -2.00. The summed E-state index contributed by atoms with van der Waals surface area (Å²) in [7, 11) is 3.12. The Labute approximate surface area is 206 Å². The van der Waals surface area contributed by atoms with Crippen molar-refractivity contribution in [2.45, 2.75) is 61.9 Å². The number of ether oxygens (including phenoxy) is 8. The Balaban J connectivity index is 1.42. The summed E-state index contributed by atoms with van der Waals surface area (Å²) < 4.78 is 49.6. The van der Waals surface area contributed by atoms with E-state index < -0.39 is 35.7 Å². The predicted molar refractivity (Wildman–Crippen MR) is 120 cm³/mol. The normalized spacial score (nSPS) is 37.9. The number of phenolic OH excluding ortho intramolecular Hbond substituents is 1. The second kappa shape index (κ2) is 6.69. The van der Waals surface area contributed by atoms with Crippen molar-refractivity contribution in [3.63, 3.8) is 0 Å².